The average Bonchev–Trinajstić information content (AvgIpc) is 3.47. The van der Waals surface area contributed by atoms with Crippen molar-refractivity contribution in [3.63, 3.8) is 0 Å². The molecule has 0 aromatic heterocycles. The summed E-state index contributed by atoms with van der Waals surface area (Å²) in [5, 5.41) is 3.25. The number of nitrogens with one attached hydrogen (secondary N) is 1. The number of carbonyl (C=O) groups excluding carboxylic acids is 3. The summed E-state index contributed by atoms with van der Waals surface area (Å²) in [5.41, 5.74) is 0.251. The first-order valence-electron chi connectivity index (χ1n) is 14.6. The fourth-order valence-electron chi connectivity index (χ4n) is 6.03. The van der Waals surface area contributed by atoms with E-state index >= 15 is 0 Å². The van der Waals surface area contributed by atoms with Crippen LogP contribution in [0.2, 0.25) is 5.02 Å². The van der Waals surface area contributed by atoms with E-state index in [9.17, 15) is 36.0 Å². The number of halogens is 4. The Bertz CT molecular complexity index is 1480. The highest BCUT2D eigenvalue weighted by Crippen LogP contribution is 2.31. The van der Waals surface area contributed by atoms with Crippen LogP contribution in [-0.2, 0) is 32.5 Å². The van der Waals surface area contributed by atoms with Gasteiger partial charge in [0.15, 0.2) is 5.78 Å². The van der Waals surface area contributed by atoms with Crippen LogP contribution in [0.4, 0.5) is 13.2 Å². The van der Waals surface area contributed by atoms with Crippen LogP contribution in [0.25, 0.3) is 0 Å². The maximum absolute atomic E-state index is 13.5. The predicted molar refractivity (Wildman–Crippen MR) is 157 cm³/mol. The summed E-state index contributed by atoms with van der Waals surface area (Å²) in [7, 11) is -3.82. The number of alkyl halides is 3. The molecule has 2 aromatic rings. The number of amides is 2. The number of hydrogen-bond donors (Lipinski definition) is 1. The molecule has 3 saturated heterocycles. The Morgan fingerprint density at radius 2 is 1.55 bits per heavy atom. The lowest BCUT2D eigenvalue weighted by molar-refractivity contribution is -0.142. The first-order chi connectivity index (χ1) is 20.8. The topological polar surface area (TPSA) is 107 Å². The Kier molecular flexibility index (Phi) is 9.69. The van der Waals surface area contributed by atoms with Gasteiger partial charge in [-0.15, -0.1) is 0 Å². The fourth-order valence-corrected chi connectivity index (χ4v) is 8.01. The van der Waals surface area contributed by atoms with Crippen molar-refractivity contribution in [1.29, 1.82) is 0 Å². The molecule has 238 valence electrons. The maximum Gasteiger partial charge on any atom is 0.416 e. The molecule has 9 nitrogen and oxygen atoms in total. The number of ketones is 1. The molecule has 0 radical (unpaired) electrons. The van der Waals surface area contributed by atoms with Crippen molar-refractivity contribution in [2.24, 2.45) is 11.8 Å². The molecule has 1 N–H and O–H groups in total. The lowest BCUT2D eigenvalue weighted by Crippen LogP contribution is -2.58. The number of benzene rings is 2. The van der Waals surface area contributed by atoms with Gasteiger partial charge in [-0.05, 0) is 73.6 Å². The molecule has 0 unspecified atom stereocenters. The Balaban J connectivity index is 1.12. The standard InChI is InChI=1S/C30H34ClF3N4O5S/c31-25-11-7-22(8-12-25)27(39)15-21-17-37(18-21)44(42,43)36-13-1-3-23(19-36)29(41)38-14-2-4-26(38)28(40)35-16-20-5-9-24(10-6-20)30(32,33)34/h5-12,21,23,26H,1-4,13-19H2,(H,35,40)/t23-,26+/m0/s1. The second-order valence-electron chi connectivity index (χ2n) is 11.6. The predicted octanol–water partition coefficient (Wildman–Crippen LogP) is 4.13. The van der Waals surface area contributed by atoms with E-state index in [0.717, 1.165) is 12.1 Å². The minimum absolute atomic E-state index is 0.0163. The van der Waals surface area contributed by atoms with Gasteiger partial charge in [-0.25, -0.2) is 0 Å². The number of piperidine rings is 1. The van der Waals surface area contributed by atoms with E-state index in [-0.39, 0.29) is 56.8 Å². The van der Waals surface area contributed by atoms with E-state index in [1.165, 1.54) is 25.6 Å². The van der Waals surface area contributed by atoms with Crippen LogP contribution in [0.1, 0.15) is 53.6 Å². The normalized spacial score (nSPS) is 22.0. The molecule has 2 aromatic carbocycles. The molecule has 0 spiro atoms. The van der Waals surface area contributed by atoms with Gasteiger partial charge in [0.2, 0.25) is 11.8 Å². The van der Waals surface area contributed by atoms with Gasteiger partial charge >= 0.3 is 6.18 Å². The quantitative estimate of drug-likeness (QED) is 0.410. The van der Waals surface area contributed by atoms with E-state index in [2.05, 4.69) is 5.32 Å². The number of hydrogen-bond acceptors (Lipinski definition) is 5. The number of rotatable bonds is 9. The molecule has 0 saturated carbocycles. The Hall–Kier alpha value is -3.00. The lowest BCUT2D eigenvalue weighted by atomic mass is 9.94. The van der Waals surface area contributed by atoms with Gasteiger partial charge in [-0.3, -0.25) is 14.4 Å². The van der Waals surface area contributed by atoms with Gasteiger partial charge in [0, 0.05) is 56.3 Å². The summed E-state index contributed by atoms with van der Waals surface area (Å²) >= 11 is 5.88. The second-order valence-corrected chi connectivity index (χ2v) is 14.0. The Morgan fingerprint density at radius 3 is 2.20 bits per heavy atom. The smallest absolute Gasteiger partial charge is 0.350 e. The molecule has 2 atom stereocenters. The average molecular weight is 655 g/mol. The summed E-state index contributed by atoms with van der Waals surface area (Å²) in [4.78, 5) is 40.6. The zero-order chi connectivity index (χ0) is 31.6. The van der Waals surface area contributed by atoms with Crippen LogP contribution in [0.3, 0.4) is 0 Å². The van der Waals surface area contributed by atoms with E-state index in [0.29, 0.717) is 48.4 Å². The van der Waals surface area contributed by atoms with E-state index < -0.39 is 39.8 Å². The van der Waals surface area contributed by atoms with Crippen LogP contribution in [0, 0.1) is 11.8 Å². The fraction of sp³-hybridized carbons (Fsp3) is 0.500. The van der Waals surface area contributed by atoms with E-state index in [4.69, 9.17) is 11.6 Å². The molecule has 0 bridgehead atoms. The van der Waals surface area contributed by atoms with Gasteiger partial charge in [0.05, 0.1) is 11.5 Å². The maximum atomic E-state index is 13.5. The van der Waals surface area contributed by atoms with Crippen LogP contribution in [0.5, 0.6) is 0 Å². The van der Waals surface area contributed by atoms with Gasteiger partial charge in [0.25, 0.3) is 10.2 Å². The van der Waals surface area contributed by atoms with Crippen molar-refractivity contribution < 1.29 is 36.0 Å². The minimum Gasteiger partial charge on any atom is -0.350 e. The first-order valence-corrected chi connectivity index (χ1v) is 16.4. The van der Waals surface area contributed by atoms with Crippen LogP contribution >= 0.6 is 11.6 Å². The first kappa shape index (κ1) is 32.4. The third-order valence-electron chi connectivity index (χ3n) is 8.54. The Morgan fingerprint density at radius 1 is 0.886 bits per heavy atom. The van der Waals surface area contributed by atoms with Crippen LogP contribution in [0.15, 0.2) is 48.5 Å². The van der Waals surface area contributed by atoms with Crippen molar-refractivity contribution >= 4 is 39.4 Å². The van der Waals surface area contributed by atoms with Crippen molar-refractivity contribution in [3.8, 4) is 0 Å². The van der Waals surface area contributed by atoms with Gasteiger partial charge in [0.1, 0.15) is 6.04 Å². The van der Waals surface area contributed by atoms with Crippen molar-refractivity contribution in [3.05, 3.63) is 70.2 Å². The second kappa shape index (κ2) is 13.2. The molecule has 44 heavy (non-hydrogen) atoms. The molecular formula is C30H34ClF3N4O5S. The van der Waals surface area contributed by atoms with Gasteiger partial charge in [-0.1, -0.05) is 23.7 Å². The summed E-state index contributed by atoms with van der Waals surface area (Å²) in [6.45, 7) is 1.15. The van der Waals surface area contributed by atoms with E-state index in [1.807, 2.05) is 0 Å². The highest BCUT2D eigenvalue weighted by atomic mass is 35.5. The number of nitrogens with zero attached hydrogens (tertiary/aromatic N) is 3. The van der Waals surface area contributed by atoms with Gasteiger partial charge in [-0.2, -0.15) is 30.2 Å². The minimum atomic E-state index is -4.45. The molecule has 3 heterocycles. The number of carbonyl (C=O) groups is 3. The zero-order valence-corrected chi connectivity index (χ0v) is 25.5. The molecule has 3 fully saturated rings. The molecular weight excluding hydrogens is 621 g/mol. The van der Waals surface area contributed by atoms with Gasteiger partial charge < -0.3 is 10.2 Å². The van der Waals surface area contributed by atoms with E-state index in [1.54, 1.807) is 24.3 Å². The monoisotopic (exact) mass is 654 g/mol. The van der Waals surface area contributed by atoms with Crippen molar-refractivity contribution in [1.82, 2.24) is 18.8 Å². The third kappa shape index (κ3) is 7.27. The lowest BCUT2D eigenvalue weighted by Gasteiger charge is -2.42. The molecule has 0 aliphatic carbocycles. The molecule has 3 aliphatic rings. The summed E-state index contributed by atoms with van der Waals surface area (Å²) < 4.78 is 67.9. The molecule has 2 amide bonds. The molecule has 3 aliphatic heterocycles. The van der Waals surface area contributed by atoms with Crippen LogP contribution < -0.4 is 5.32 Å². The highest BCUT2D eigenvalue weighted by Gasteiger charge is 2.44. The largest absolute Gasteiger partial charge is 0.416 e. The highest BCUT2D eigenvalue weighted by molar-refractivity contribution is 7.86. The van der Waals surface area contributed by atoms with Crippen LogP contribution in [-0.4, -0.2) is 78.3 Å². The molecule has 14 heteroatoms. The number of Topliss-reactive ketones (excluding diaryl/α,β-unsaturated/α-hetero) is 1. The van der Waals surface area contributed by atoms with Crippen molar-refractivity contribution in [2.45, 2.75) is 50.9 Å². The zero-order valence-electron chi connectivity index (χ0n) is 23.9. The summed E-state index contributed by atoms with van der Waals surface area (Å²) in [5.74, 6) is -1.43. The number of likely N-dealkylation sites (tertiary alicyclic amines) is 1. The van der Waals surface area contributed by atoms with Crippen molar-refractivity contribution in [2.75, 3.05) is 32.7 Å². The summed E-state index contributed by atoms with van der Waals surface area (Å²) in [6, 6.07) is 10.4. The Labute approximate surface area is 259 Å². The summed E-state index contributed by atoms with van der Waals surface area (Å²) in [6.07, 6.45) is -2.16. The third-order valence-corrected chi connectivity index (χ3v) is 10.7. The SMILES string of the molecule is O=C(CC1CN(S(=O)(=O)N2CCC[C@H](C(=O)N3CCC[C@@H]3C(=O)NCc3ccc(C(F)(F)F)cc3)C2)C1)c1ccc(Cl)cc1. The molecule has 5 rings (SSSR count).